The van der Waals surface area contributed by atoms with E-state index in [0.717, 1.165) is 12.8 Å². The Morgan fingerprint density at radius 1 is 1.40 bits per heavy atom. The quantitative estimate of drug-likeness (QED) is 0.890. The third-order valence-corrected chi connectivity index (χ3v) is 5.80. The number of aryl methyl sites for hydroxylation is 1. The van der Waals surface area contributed by atoms with E-state index in [1.165, 1.54) is 0 Å². The zero-order chi connectivity index (χ0) is 17.6. The first-order valence-corrected chi connectivity index (χ1v) is 8.99. The van der Waals surface area contributed by atoms with Crippen LogP contribution in [0.4, 0.5) is 4.39 Å². The molecule has 1 N–H and O–H groups in total. The normalized spacial score (nSPS) is 30.0. The van der Waals surface area contributed by atoms with Gasteiger partial charge in [-0.05, 0) is 37.8 Å². The van der Waals surface area contributed by atoms with Crippen molar-refractivity contribution in [3.05, 3.63) is 24.0 Å². The van der Waals surface area contributed by atoms with Crippen molar-refractivity contribution < 1.29 is 18.7 Å². The minimum absolute atomic E-state index is 0.0374. The van der Waals surface area contributed by atoms with Crippen molar-refractivity contribution in [3.63, 3.8) is 0 Å². The van der Waals surface area contributed by atoms with Gasteiger partial charge in [0.1, 0.15) is 5.69 Å². The lowest BCUT2D eigenvalue weighted by Gasteiger charge is -2.35. The van der Waals surface area contributed by atoms with Gasteiger partial charge in [0.2, 0.25) is 0 Å². The first-order chi connectivity index (χ1) is 12.0. The molecule has 2 saturated heterocycles. The third-order valence-electron chi connectivity index (χ3n) is 5.80. The number of hydrogen-bond donors (Lipinski definition) is 1. The molecule has 25 heavy (non-hydrogen) atoms. The summed E-state index contributed by atoms with van der Waals surface area (Å²) in [5.74, 6) is -0.232. The number of nitrogens with one attached hydrogen (secondary N) is 1. The van der Waals surface area contributed by atoms with E-state index in [-0.39, 0.29) is 29.9 Å². The number of amides is 2. The summed E-state index contributed by atoms with van der Waals surface area (Å²) in [6.45, 7) is 1.49. The van der Waals surface area contributed by atoms with Crippen molar-refractivity contribution in [2.24, 2.45) is 13.0 Å². The monoisotopic (exact) mass is 349 g/mol. The summed E-state index contributed by atoms with van der Waals surface area (Å²) in [5, 5.41) is 2.91. The highest BCUT2D eigenvalue weighted by molar-refractivity contribution is 5.92. The number of carbonyl (C=O) groups is 2. The Bertz CT molecular complexity index is 671. The summed E-state index contributed by atoms with van der Waals surface area (Å²) in [7, 11) is 1.83. The molecule has 0 unspecified atom stereocenters. The number of rotatable bonds is 4. The summed E-state index contributed by atoms with van der Waals surface area (Å²) in [6, 6.07) is 3.60. The molecule has 0 aromatic carbocycles. The highest BCUT2D eigenvalue weighted by Crippen LogP contribution is 2.40. The Morgan fingerprint density at radius 2 is 2.20 bits per heavy atom. The van der Waals surface area contributed by atoms with Crippen molar-refractivity contribution >= 4 is 11.8 Å². The molecule has 2 aliphatic heterocycles. The largest absolute Gasteiger partial charge is 0.371 e. The van der Waals surface area contributed by atoms with Crippen LogP contribution in [0, 0.1) is 5.92 Å². The molecule has 4 rings (SSSR count). The molecule has 1 aliphatic carbocycles. The van der Waals surface area contributed by atoms with E-state index < -0.39 is 5.67 Å². The van der Waals surface area contributed by atoms with Gasteiger partial charge in [-0.1, -0.05) is 0 Å². The van der Waals surface area contributed by atoms with E-state index in [2.05, 4.69) is 5.32 Å². The molecule has 1 aromatic rings. The Labute approximate surface area is 146 Å². The number of carbonyl (C=O) groups excluding carboxylic acids is 2. The second kappa shape index (κ2) is 6.12. The summed E-state index contributed by atoms with van der Waals surface area (Å²) >= 11 is 0. The molecule has 3 heterocycles. The molecule has 6 nitrogen and oxygen atoms in total. The van der Waals surface area contributed by atoms with E-state index >= 15 is 0 Å². The molecule has 1 saturated carbocycles. The van der Waals surface area contributed by atoms with Crippen molar-refractivity contribution in [1.29, 1.82) is 0 Å². The first-order valence-electron chi connectivity index (χ1n) is 8.99. The van der Waals surface area contributed by atoms with E-state index in [9.17, 15) is 14.0 Å². The standard InChI is InChI=1S/C18H24FN3O3/c1-21-7-2-4-14(21)16(23)20-9-13-8-12-10-22(11-15(12)25-13)17(24)18(19)5-3-6-18/h2,4,7,12-13,15H,3,5-6,8-11H2,1H3,(H,20,23)/t12-,13-,15+/m1/s1. The fourth-order valence-corrected chi connectivity index (χ4v) is 4.14. The number of halogens is 1. The smallest absolute Gasteiger partial charge is 0.267 e. The zero-order valence-corrected chi connectivity index (χ0v) is 14.4. The predicted molar refractivity (Wildman–Crippen MR) is 88.8 cm³/mol. The second-order valence-electron chi connectivity index (χ2n) is 7.54. The van der Waals surface area contributed by atoms with Crippen molar-refractivity contribution in [2.75, 3.05) is 19.6 Å². The molecule has 3 atom stereocenters. The third kappa shape index (κ3) is 2.94. The topological polar surface area (TPSA) is 63.6 Å². The SMILES string of the molecule is Cn1cccc1C(=O)NC[C@H]1C[C@@H]2CN(C(=O)C3(F)CCC3)C[C@@H]2O1. The number of fused-ring (bicyclic) bond motifs is 1. The van der Waals surface area contributed by atoms with Gasteiger partial charge in [-0.3, -0.25) is 9.59 Å². The number of alkyl halides is 1. The van der Waals surface area contributed by atoms with Crippen LogP contribution in [-0.2, 0) is 16.6 Å². The average molecular weight is 349 g/mol. The number of hydrogen-bond acceptors (Lipinski definition) is 3. The maximum absolute atomic E-state index is 14.3. The summed E-state index contributed by atoms with van der Waals surface area (Å²) in [6.07, 6.45) is 4.04. The first kappa shape index (κ1) is 16.6. The van der Waals surface area contributed by atoms with Crippen molar-refractivity contribution in [1.82, 2.24) is 14.8 Å². The van der Waals surface area contributed by atoms with E-state index in [0.29, 0.717) is 38.2 Å². The highest BCUT2D eigenvalue weighted by Gasteiger charge is 2.51. The molecule has 3 aliphatic rings. The zero-order valence-electron chi connectivity index (χ0n) is 14.4. The van der Waals surface area contributed by atoms with Gasteiger partial charge in [0.05, 0.1) is 12.2 Å². The summed E-state index contributed by atoms with van der Waals surface area (Å²) < 4.78 is 22.1. The number of ether oxygens (including phenoxy) is 1. The summed E-state index contributed by atoms with van der Waals surface area (Å²) in [4.78, 5) is 26.0. The molecule has 7 heteroatoms. The lowest BCUT2D eigenvalue weighted by Crippen LogP contribution is -2.50. The highest BCUT2D eigenvalue weighted by atomic mass is 19.1. The van der Waals surface area contributed by atoms with Crippen molar-refractivity contribution in [3.8, 4) is 0 Å². The molecule has 1 aromatic heterocycles. The van der Waals surface area contributed by atoms with Crippen LogP contribution >= 0.6 is 0 Å². The van der Waals surface area contributed by atoms with Gasteiger partial charge >= 0.3 is 0 Å². The van der Waals surface area contributed by atoms with Gasteiger partial charge in [-0.25, -0.2) is 4.39 Å². The van der Waals surface area contributed by atoms with Gasteiger partial charge in [-0.2, -0.15) is 0 Å². The van der Waals surface area contributed by atoms with Gasteiger partial charge < -0.3 is 19.5 Å². The molecule has 0 spiro atoms. The predicted octanol–water partition coefficient (Wildman–Crippen LogP) is 1.26. The average Bonchev–Trinajstić information content (AvgIpc) is 3.23. The van der Waals surface area contributed by atoms with E-state index in [1.807, 2.05) is 19.3 Å². The Kier molecular flexibility index (Phi) is 4.06. The van der Waals surface area contributed by atoms with Gasteiger partial charge in [-0.15, -0.1) is 0 Å². The number of aromatic nitrogens is 1. The molecular weight excluding hydrogens is 325 g/mol. The van der Waals surface area contributed by atoms with E-state index in [1.54, 1.807) is 15.5 Å². The molecule has 136 valence electrons. The molecule has 0 bridgehead atoms. The molecule has 2 amide bonds. The lowest BCUT2D eigenvalue weighted by molar-refractivity contribution is -0.149. The molecular formula is C18H24FN3O3. The lowest BCUT2D eigenvalue weighted by atomic mass is 9.81. The number of likely N-dealkylation sites (tertiary alicyclic amines) is 1. The minimum Gasteiger partial charge on any atom is -0.371 e. The number of nitrogens with zero attached hydrogens (tertiary/aromatic N) is 2. The Balaban J connectivity index is 1.26. The van der Waals surface area contributed by atoms with Crippen LogP contribution in [0.3, 0.4) is 0 Å². The fraction of sp³-hybridized carbons (Fsp3) is 0.667. The van der Waals surface area contributed by atoms with Crippen LogP contribution < -0.4 is 5.32 Å². The maximum atomic E-state index is 14.3. The van der Waals surface area contributed by atoms with Crippen LogP contribution in [0.1, 0.15) is 36.2 Å². The van der Waals surface area contributed by atoms with Gasteiger partial charge in [0.15, 0.2) is 5.67 Å². The maximum Gasteiger partial charge on any atom is 0.267 e. The molecule has 3 fully saturated rings. The second-order valence-corrected chi connectivity index (χ2v) is 7.54. The fourth-order valence-electron chi connectivity index (χ4n) is 4.14. The summed E-state index contributed by atoms with van der Waals surface area (Å²) in [5.41, 5.74) is -1.01. The van der Waals surface area contributed by atoms with E-state index in [4.69, 9.17) is 4.74 Å². The Morgan fingerprint density at radius 3 is 2.80 bits per heavy atom. The Hall–Kier alpha value is -1.89. The van der Waals surface area contributed by atoms with Crippen LogP contribution in [-0.4, -0.2) is 58.8 Å². The molecule has 0 radical (unpaired) electrons. The van der Waals surface area contributed by atoms with Crippen LogP contribution in [0.5, 0.6) is 0 Å². The van der Waals surface area contributed by atoms with Crippen LogP contribution in [0.25, 0.3) is 0 Å². The van der Waals surface area contributed by atoms with Gasteiger partial charge in [0.25, 0.3) is 11.8 Å². The van der Waals surface area contributed by atoms with Crippen LogP contribution in [0.15, 0.2) is 18.3 Å². The minimum atomic E-state index is -1.62. The van der Waals surface area contributed by atoms with Crippen LogP contribution in [0.2, 0.25) is 0 Å². The van der Waals surface area contributed by atoms with Gasteiger partial charge in [0, 0.05) is 38.8 Å². The van der Waals surface area contributed by atoms with Crippen molar-refractivity contribution in [2.45, 2.75) is 43.6 Å².